The second kappa shape index (κ2) is 3.64. The van der Waals surface area contributed by atoms with Crippen LogP contribution < -0.4 is 0 Å². The lowest BCUT2D eigenvalue weighted by Crippen LogP contribution is -2.04. The van der Waals surface area contributed by atoms with Gasteiger partial charge in [-0.2, -0.15) is 0 Å². The molecule has 1 N–H and O–H groups in total. The number of aromatic nitrogens is 1. The lowest BCUT2D eigenvalue weighted by atomic mass is 10.2. The quantitative estimate of drug-likeness (QED) is 0.801. The molecule has 0 amide bonds. The van der Waals surface area contributed by atoms with Crippen LogP contribution in [0.25, 0.3) is 10.9 Å². The van der Waals surface area contributed by atoms with Crippen molar-refractivity contribution in [3.8, 4) is 5.75 Å². The third-order valence-corrected chi connectivity index (χ3v) is 3.57. The minimum absolute atomic E-state index is 0.0766. The van der Waals surface area contributed by atoms with Gasteiger partial charge in [-0.15, -0.1) is 0 Å². The van der Waals surface area contributed by atoms with Gasteiger partial charge in [0.05, 0.1) is 10.9 Å². The van der Waals surface area contributed by atoms with E-state index in [2.05, 4.69) is 31.9 Å². The molecular weight excluding hydrogens is 326 g/mol. The minimum atomic E-state index is -0.148. The van der Waals surface area contributed by atoms with Gasteiger partial charge in [-0.3, -0.25) is 9.36 Å². The van der Waals surface area contributed by atoms with Crippen LogP contribution in [0.4, 0.5) is 0 Å². The number of rotatable bonds is 0. The standard InChI is InChI=1S/C10H7Br2NO2/c1-5(14)13-7-4-2-3-6(11)8(7)9(15)10(13)12/h2-4,15H,1H3. The molecule has 1 aromatic carbocycles. The molecule has 1 heterocycles. The van der Waals surface area contributed by atoms with E-state index >= 15 is 0 Å². The summed E-state index contributed by atoms with van der Waals surface area (Å²) in [6, 6.07) is 5.42. The number of halogens is 2. The maximum atomic E-state index is 11.4. The van der Waals surface area contributed by atoms with Gasteiger partial charge in [0.2, 0.25) is 5.91 Å². The molecule has 0 unspecified atom stereocenters. The lowest BCUT2D eigenvalue weighted by Gasteiger charge is -2.00. The van der Waals surface area contributed by atoms with Crippen molar-refractivity contribution in [3.63, 3.8) is 0 Å². The van der Waals surface area contributed by atoms with E-state index in [-0.39, 0.29) is 11.7 Å². The van der Waals surface area contributed by atoms with Crippen LogP contribution in [0.1, 0.15) is 11.7 Å². The first-order chi connectivity index (χ1) is 7.04. The molecule has 0 atom stereocenters. The highest BCUT2D eigenvalue weighted by Crippen LogP contribution is 2.39. The van der Waals surface area contributed by atoms with Crippen molar-refractivity contribution in [1.29, 1.82) is 0 Å². The summed E-state index contributed by atoms with van der Waals surface area (Å²) in [6.45, 7) is 1.45. The Bertz CT molecular complexity index is 560. The number of benzene rings is 1. The number of carbonyl (C=O) groups excluding carboxylic acids is 1. The summed E-state index contributed by atoms with van der Waals surface area (Å²) in [5.74, 6) is -0.0713. The summed E-state index contributed by atoms with van der Waals surface area (Å²) in [6.07, 6.45) is 0. The van der Waals surface area contributed by atoms with Crippen molar-refractivity contribution in [2.75, 3.05) is 0 Å². The monoisotopic (exact) mass is 331 g/mol. The fraction of sp³-hybridized carbons (Fsp3) is 0.100. The topological polar surface area (TPSA) is 42.2 Å². The van der Waals surface area contributed by atoms with Gasteiger partial charge >= 0.3 is 0 Å². The molecule has 2 rings (SSSR count). The van der Waals surface area contributed by atoms with E-state index in [1.54, 1.807) is 6.07 Å². The normalized spacial score (nSPS) is 10.9. The van der Waals surface area contributed by atoms with Crippen LogP contribution in [-0.4, -0.2) is 15.6 Å². The third kappa shape index (κ3) is 1.50. The fourth-order valence-electron chi connectivity index (χ4n) is 1.56. The smallest absolute Gasteiger partial charge is 0.228 e. The molecule has 0 aliphatic rings. The molecule has 1 aromatic heterocycles. The number of carbonyl (C=O) groups is 1. The Kier molecular flexibility index (Phi) is 2.60. The second-order valence-corrected chi connectivity index (χ2v) is 4.73. The zero-order valence-electron chi connectivity index (χ0n) is 7.79. The van der Waals surface area contributed by atoms with Gasteiger partial charge in [0, 0.05) is 11.4 Å². The molecule has 0 fully saturated rings. The van der Waals surface area contributed by atoms with Crippen LogP contribution in [0.5, 0.6) is 5.75 Å². The zero-order chi connectivity index (χ0) is 11.2. The number of nitrogens with zero attached hydrogens (tertiary/aromatic N) is 1. The van der Waals surface area contributed by atoms with E-state index in [1.165, 1.54) is 11.5 Å². The molecular formula is C10H7Br2NO2. The second-order valence-electron chi connectivity index (χ2n) is 3.13. The van der Waals surface area contributed by atoms with E-state index < -0.39 is 0 Å². The number of fused-ring (bicyclic) bond motifs is 1. The third-order valence-electron chi connectivity index (χ3n) is 2.18. The number of aromatic hydroxyl groups is 1. The first-order valence-electron chi connectivity index (χ1n) is 4.22. The molecule has 0 saturated carbocycles. The minimum Gasteiger partial charge on any atom is -0.504 e. The van der Waals surface area contributed by atoms with Crippen molar-refractivity contribution < 1.29 is 9.90 Å². The van der Waals surface area contributed by atoms with Gasteiger partial charge < -0.3 is 5.11 Å². The Morgan fingerprint density at radius 2 is 2.07 bits per heavy atom. The molecule has 0 radical (unpaired) electrons. The van der Waals surface area contributed by atoms with Crippen molar-refractivity contribution in [2.45, 2.75) is 6.92 Å². The molecule has 0 aliphatic carbocycles. The predicted octanol–water partition coefficient (Wildman–Crippen LogP) is 3.53. The van der Waals surface area contributed by atoms with Crippen molar-refractivity contribution in [3.05, 3.63) is 27.3 Å². The van der Waals surface area contributed by atoms with Gasteiger partial charge in [-0.1, -0.05) is 6.07 Å². The van der Waals surface area contributed by atoms with E-state index in [9.17, 15) is 9.90 Å². The first kappa shape index (κ1) is 10.7. The Balaban J connectivity index is 3.00. The van der Waals surface area contributed by atoms with Crippen LogP contribution in [0.3, 0.4) is 0 Å². The van der Waals surface area contributed by atoms with Gasteiger partial charge in [0.15, 0.2) is 5.75 Å². The molecule has 0 aliphatic heterocycles. The number of hydrogen-bond acceptors (Lipinski definition) is 2. The van der Waals surface area contributed by atoms with Crippen LogP contribution in [-0.2, 0) is 0 Å². The molecule has 0 spiro atoms. The summed E-state index contributed by atoms with van der Waals surface area (Å²) in [5, 5.41) is 10.5. The maximum Gasteiger partial charge on any atom is 0.228 e. The summed E-state index contributed by atoms with van der Waals surface area (Å²) in [5.41, 5.74) is 0.682. The predicted molar refractivity (Wildman–Crippen MR) is 65.3 cm³/mol. The number of hydrogen-bond donors (Lipinski definition) is 1. The summed E-state index contributed by atoms with van der Waals surface area (Å²) >= 11 is 6.54. The van der Waals surface area contributed by atoms with Gasteiger partial charge in [-0.25, -0.2) is 0 Å². The van der Waals surface area contributed by atoms with E-state index in [0.717, 1.165) is 4.47 Å². The van der Waals surface area contributed by atoms with Gasteiger partial charge in [0.1, 0.15) is 4.60 Å². The van der Waals surface area contributed by atoms with Crippen molar-refractivity contribution >= 4 is 48.7 Å². The molecule has 78 valence electrons. The summed E-state index contributed by atoms with van der Waals surface area (Å²) < 4.78 is 2.57. The Labute approximate surface area is 103 Å². The lowest BCUT2D eigenvalue weighted by molar-refractivity contribution is 0.0938. The highest BCUT2D eigenvalue weighted by molar-refractivity contribution is 9.11. The molecule has 5 heteroatoms. The SMILES string of the molecule is CC(=O)n1c(Br)c(O)c2c(Br)cccc21. The Morgan fingerprint density at radius 1 is 1.40 bits per heavy atom. The first-order valence-corrected chi connectivity index (χ1v) is 5.81. The van der Waals surface area contributed by atoms with Gasteiger partial charge in [-0.05, 0) is 44.0 Å². The van der Waals surface area contributed by atoms with Crippen LogP contribution in [0.2, 0.25) is 0 Å². The van der Waals surface area contributed by atoms with Crippen LogP contribution in [0, 0.1) is 0 Å². The van der Waals surface area contributed by atoms with Crippen molar-refractivity contribution in [2.24, 2.45) is 0 Å². The van der Waals surface area contributed by atoms with Gasteiger partial charge in [0.25, 0.3) is 0 Å². The van der Waals surface area contributed by atoms with Crippen LogP contribution >= 0.6 is 31.9 Å². The molecule has 0 bridgehead atoms. The maximum absolute atomic E-state index is 11.4. The van der Waals surface area contributed by atoms with E-state index in [1.807, 2.05) is 12.1 Å². The molecule has 0 saturated heterocycles. The summed E-state index contributed by atoms with van der Waals surface area (Å²) in [4.78, 5) is 11.4. The average Bonchev–Trinajstić information content (AvgIpc) is 2.41. The largest absolute Gasteiger partial charge is 0.504 e. The highest BCUT2D eigenvalue weighted by atomic mass is 79.9. The highest BCUT2D eigenvalue weighted by Gasteiger charge is 2.18. The Hall–Kier alpha value is -0.810. The Morgan fingerprint density at radius 3 is 2.67 bits per heavy atom. The summed E-state index contributed by atoms with van der Waals surface area (Å²) in [7, 11) is 0. The van der Waals surface area contributed by atoms with Crippen LogP contribution in [0.15, 0.2) is 27.3 Å². The molecule has 15 heavy (non-hydrogen) atoms. The van der Waals surface area contributed by atoms with Crippen molar-refractivity contribution in [1.82, 2.24) is 4.57 Å². The zero-order valence-corrected chi connectivity index (χ0v) is 11.0. The fourth-order valence-corrected chi connectivity index (χ4v) is 2.74. The molecule has 3 nitrogen and oxygen atoms in total. The van der Waals surface area contributed by atoms with E-state index in [0.29, 0.717) is 15.5 Å². The molecule has 2 aromatic rings. The van der Waals surface area contributed by atoms with E-state index in [4.69, 9.17) is 0 Å². The average molecular weight is 333 g/mol.